The van der Waals surface area contributed by atoms with Crippen LogP contribution in [-0.2, 0) is 6.54 Å². The van der Waals surface area contributed by atoms with Gasteiger partial charge in [0.2, 0.25) is 0 Å². The molecule has 18 heavy (non-hydrogen) atoms. The maximum atomic E-state index is 5.42. The van der Waals surface area contributed by atoms with Gasteiger partial charge in [-0.25, -0.2) is 0 Å². The van der Waals surface area contributed by atoms with E-state index in [1.165, 1.54) is 10.6 Å². The van der Waals surface area contributed by atoms with Crippen molar-refractivity contribution < 1.29 is 4.74 Å². The van der Waals surface area contributed by atoms with E-state index in [4.69, 9.17) is 4.74 Å². The van der Waals surface area contributed by atoms with E-state index < -0.39 is 0 Å². The third kappa shape index (κ3) is 2.42. The van der Waals surface area contributed by atoms with Gasteiger partial charge >= 0.3 is 0 Å². The fourth-order valence-electron chi connectivity index (χ4n) is 2.08. The summed E-state index contributed by atoms with van der Waals surface area (Å²) >= 11 is 1.71. The zero-order valence-corrected chi connectivity index (χ0v) is 11.8. The standard InChI is InChI=1S/C13H19N3OS/c1-4-14-12(10-6-8-15-16(10)5-2)13-11(17-3)7-9-18-13/h6-9,12,14H,4-5H2,1-3H3. The average molecular weight is 265 g/mol. The normalized spacial score (nSPS) is 12.6. The van der Waals surface area contributed by atoms with Gasteiger partial charge in [0.05, 0.1) is 23.7 Å². The van der Waals surface area contributed by atoms with Crippen molar-refractivity contribution in [2.75, 3.05) is 13.7 Å². The molecule has 1 unspecified atom stereocenters. The van der Waals surface area contributed by atoms with Crippen LogP contribution in [0.4, 0.5) is 0 Å². The largest absolute Gasteiger partial charge is 0.496 e. The third-order valence-electron chi connectivity index (χ3n) is 2.89. The number of aromatic nitrogens is 2. The summed E-state index contributed by atoms with van der Waals surface area (Å²) in [7, 11) is 1.71. The molecule has 0 fully saturated rings. The molecule has 0 spiro atoms. The monoisotopic (exact) mass is 265 g/mol. The van der Waals surface area contributed by atoms with Gasteiger partial charge in [-0.15, -0.1) is 11.3 Å². The Morgan fingerprint density at radius 3 is 2.94 bits per heavy atom. The predicted molar refractivity (Wildman–Crippen MR) is 74.3 cm³/mol. The van der Waals surface area contributed by atoms with Crippen molar-refractivity contribution in [1.82, 2.24) is 15.1 Å². The molecule has 0 bridgehead atoms. The van der Waals surface area contributed by atoms with Crippen LogP contribution in [0.5, 0.6) is 5.75 Å². The van der Waals surface area contributed by atoms with Gasteiger partial charge in [0.1, 0.15) is 5.75 Å². The zero-order chi connectivity index (χ0) is 13.0. The van der Waals surface area contributed by atoms with E-state index in [0.29, 0.717) is 0 Å². The van der Waals surface area contributed by atoms with E-state index in [9.17, 15) is 0 Å². The van der Waals surface area contributed by atoms with Gasteiger partial charge in [-0.05, 0) is 31.0 Å². The highest BCUT2D eigenvalue weighted by Gasteiger charge is 2.21. The summed E-state index contributed by atoms with van der Waals surface area (Å²) in [5.41, 5.74) is 1.18. The Kier molecular flexibility index (Phi) is 4.38. The van der Waals surface area contributed by atoms with E-state index >= 15 is 0 Å². The molecule has 2 aromatic rings. The minimum Gasteiger partial charge on any atom is -0.496 e. The SMILES string of the molecule is CCNC(c1sccc1OC)c1ccnn1CC. The molecule has 0 radical (unpaired) electrons. The lowest BCUT2D eigenvalue weighted by atomic mass is 10.1. The van der Waals surface area contributed by atoms with Gasteiger partial charge in [-0.1, -0.05) is 6.92 Å². The Labute approximate surface area is 112 Å². The number of nitrogens with one attached hydrogen (secondary N) is 1. The number of nitrogens with zero attached hydrogens (tertiary/aromatic N) is 2. The molecule has 0 aromatic carbocycles. The molecule has 2 rings (SSSR count). The quantitative estimate of drug-likeness (QED) is 0.873. The summed E-state index contributed by atoms with van der Waals surface area (Å²) in [6, 6.07) is 4.22. The van der Waals surface area contributed by atoms with Crippen LogP contribution in [0.2, 0.25) is 0 Å². The van der Waals surface area contributed by atoms with Gasteiger partial charge in [-0.2, -0.15) is 5.10 Å². The highest BCUT2D eigenvalue weighted by molar-refractivity contribution is 7.10. The second kappa shape index (κ2) is 6.02. The molecule has 1 N–H and O–H groups in total. The van der Waals surface area contributed by atoms with Crippen molar-refractivity contribution >= 4 is 11.3 Å². The molecule has 0 aliphatic rings. The van der Waals surface area contributed by atoms with Crippen LogP contribution in [0.25, 0.3) is 0 Å². The Hall–Kier alpha value is -1.33. The number of hydrogen-bond acceptors (Lipinski definition) is 4. The highest BCUT2D eigenvalue weighted by Crippen LogP contribution is 2.34. The molecule has 0 aliphatic heterocycles. The van der Waals surface area contributed by atoms with Crippen molar-refractivity contribution in [3.05, 3.63) is 34.3 Å². The molecular weight excluding hydrogens is 246 g/mol. The maximum Gasteiger partial charge on any atom is 0.134 e. The molecular formula is C13H19N3OS. The van der Waals surface area contributed by atoms with Gasteiger partial charge in [-0.3, -0.25) is 4.68 Å². The molecule has 0 amide bonds. The van der Waals surface area contributed by atoms with E-state index in [1.807, 2.05) is 16.9 Å². The predicted octanol–water partition coefficient (Wildman–Crippen LogP) is 2.67. The maximum absolute atomic E-state index is 5.42. The summed E-state index contributed by atoms with van der Waals surface area (Å²) in [6.07, 6.45) is 1.85. The lowest BCUT2D eigenvalue weighted by molar-refractivity contribution is 0.406. The molecule has 5 heteroatoms. The molecule has 2 aromatic heterocycles. The molecule has 2 heterocycles. The number of methoxy groups -OCH3 is 1. The molecule has 1 atom stereocenters. The Morgan fingerprint density at radius 2 is 2.28 bits per heavy atom. The van der Waals surface area contributed by atoms with Crippen molar-refractivity contribution in [2.24, 2.45) is 0 Å². The summed E-state index contributed by atoms with van der Waals surface area (Å²) in [5, 5.41) is 9.91. The zero-order valence-electron chi connectivity index (χ0n) is 11.0. The molecule has 4 nitrogen and oxygen atoms in total. The summed E-state index contributed by atoms with van der Waals surface area (Å²) in [4.78, 5) is 1.20. The fourth-order valence-corrected chi connectivity index (χ4v) is 3.02. The van der Waals surface area contributed by atoms with Crippen LogP contribution < -0.4 is 10.1 Å². The summed E-state index contributed by atoms with van der Waals surface area (Å²) in [5.74, 6) is 0.940. The average Bonchev–Trinajstić information content (AvgIpc) is 3.04. The number of ether oxygens (including phenoxy) is 1. The van der Waals surface area contributed by atoms with Crippen LogP contribution in [0, 0.1) is 0 Å². The first-order valence-electron chi connectivity index (χ1n) is 6.18. The van der Waals surface area contributed by atoms with Crippen molar-refractivity contribution in [3.63, 3.8) is 0 Å². The highest BCUT2D eigenvalue weighted by atomic mass is 32.1. The first-order chi connectivity index (χ1) is 8.81. The Bertz CT molecular complexity index is 450. The Morgan fingerprint density at radius 1 is 1.44 bits per heavy atom. The second-order valence-corrected chi connectivity index (χ2v) is 4.86. The molecule has 0 saturated heterocycles. The first kappa shape index (κ1) is 13.1. The van der Waals surface area contributed by atoms with E-state index in [0.717, 1.165) is 18.8 Å². The van der Waals surface area contributed by atoms with Gasteiger partial charge in [0, 0.05) is 12.7 Å². The van der Waals surface area contributed by atoms with Crippen molar-refractivity contribution in [3.8, 4) is 5.75 Å². The van der Waals surface area contributed by atoms with Gasteiger partial charge < -0.3 is 10.1 Å². The third-order valence-corrected chi connectivity index (χ3v) is 3.86. The summed E-state index contributed by atoms with van der Waals surface area (Å²) in [6.45, 7) is 5.99. The van der Waals surface area contributed by atoms with Crippen LogP contribution in [0.3, 0.4) is 0 Å². The minimum atomic E-state index is 0.146. The number of rotatable bonds is 6. The second-order valence-electron chi connectivity index (χ2n) is 3.92. The van der Waals surface area contributed by atoms with Crippen molar-refractivity contribution in [2.45, 2.75) is 26.4 Å². The van der Waals surface area contributed by atoms with E-state index in [1.54, 1.807) is 18.4 Å². The topological polar surface area (TPSA) is 39.1 Å². The van der Waals surface area contributed by atoms with Crippen LogP contribution in [0.15, 0.2) is 23.7 Å². The summed E-state index contributed by atoms with van der Waals surface area (Å²) < 4.78 is 7.45. The molecule has 0 aliphatic carbocycles. The number of thiophene rings is 1. The van der Waals surface area contributed by atoms with Gasteiger partial charge in [0.25, 0.3) is 0 Å². The van der Waals surface area contributed by atoms with Crippen LogP contribution in [-0.4, -0.2) is 23.4 Å². The van der Waals surface area contributed by atoms with Gasteiger partial charge in [0.15, 0.2) is 0 Å². The smallest absolute Gasteiger partial charge is 0.134 e. The molecule has 0 saturated carbocycles. The first-order valence-corrected chi connectivity index (χ1v) is 7.06. The molecule has 98 valence electrons. The lowest BCUT2D eigenvalue weighted by Gasteiger charge is -2.19. The minimum absolute atomic E-state index is 0.146. The Balaban J connectivity index is 2.40. The van der Waals surface area contributed by atoms with Crippen LogP contribution in [0.1, 0.15) is 30.5 Å². The van der Waals surface area contributed by atoms with Crippen molar-refractivity contribution in [1.29, 1.82) is 0 Å². The van der Waals surface area contributed by atoms with E-state index in [2.05, 4.69) is 35.7 Å². The number of aryl methyl sites for hydroxylation is 1. The fraction of sp³-hybridized carbons (Fsp3) is 0.462. The van der Waals surface area contributed by atoms with Crippen LogP contribution >= 0.6 is 11.3 Å². The lowest BCUT2D eigenvalue weighted by Crippen LogP contribution is -2.24. The van der Waals surface area contributed by atoms with E-state index in [-0.39, 0.29) is 6.04 Å². The number of hydrogen-bond donors (Lipinski definition) is 1.